The number of alkyl halides is 3. The Morgan fingerprint density at radius 3 is 2.34 bits per heavy atom. The van der Waals surface area contributed by atoms with Crippen LogP contribution in [-0.4, -0.2) is 4.57 Å². The molecule has 32 heavy (non-hydrogen) atoms. The minimum absolute atomic E-state index is 0.0387. The molecule has 4 rings (SSSR count). The van der Waals surface area contributed by atoms with E-state index in [4.69, 9.17) is 9.68 Å². The van der Waals surface area contributed by atoms with Crippen molar-refractivity contribution in [3.63, 3.8) is 0 Å². The monoisotopic (exact) mass is 444 g/mol. The number of nitriles is 1. The van der Waals surface area contributed by atoms with Crippen LogP contribution in [0.3, 0.4) is 0 Å². The summed E-state index contributed by atoms with van der Waals surface area (Å²) in [4.78, 5) is 25.4. The van der Waals surface area contributed by atoms with Gasteiger partial charge in [0.15, 0.2) is 0 Å². The van der Waals surface area contributed by atoms with E-state index in [1.807, 2.05) is 0 Å². The van der Waals surface area contributed by atoms with Gasteiger partial charge in [-0.2, -0.15) is 18.4 Å². The lowest BCUT2D eigenvalue weighted by molar-refractivity contribution is -0.137. The van der Waals surface area contributed by atoms with Crippen molar-refractivity contribution in [1.82, 2.24) is 4.57 Å². The van der Waals surface area contributed by atoms with Crippen molar-refractivity contribution in [2.75, 3.05) is 0 Å². The van der Waals surface area contributed by atoms with E-state index in [2.05, 4.69) is 0 Å². The first-order chi connectivity index (χ1) is 15.1. The summed E-state index contributed by atoms with van der Waals surface area (Å²) in [5.41, 5.74) is -3.55. The zero-order chi connectivity index (χ0) is 23.2. The molecule has 0 unspecified atom stereocenters. The third-order valence-electron chi connectivity index (χ3n) is 4.72. The van der Waals surface area contributed by atoms with Gasteiger partial charge < -0.3 is 4.42 Å². The van der Waals surface area contributed by atoms with Crippen LogP contribution in [0.5, 0.6) is 0 Å². The molecule has 0 fully saturated rings. The fraction of sp³-hybridized carbons (Fsp3) is 0.0455. The number of rotatable bonds is 2. The first-order valence-electron chi connectivity index (χ1n) is 8.87. The van der Waals surface area contributed by atoms with Crippen LogP contribution in [0.25, 0.3) is 27.8 Å². The van der Waals surface area contributed by atoms with Crippen LogP contribution >= 0.6 is 0 Å². The molecule has 4 aromatic rings. The summed E-state index contributed by atoms with van der Waals surface area (Å²) in [5.74, 6) is -2.95. The van der Waals surface area contributed by atoms with E-state index in [1.165, 1.54) is 24.3 Å². The number of aromatic nitrogens is 1. The number of fused-ring (bicyclic) bond motifs is 1. The van der Waals surface area contributed by atoms with Crippen LogP contribution in [0.1, 0.15) is 11.1 Å². The summed E-state index contributed by atoms with van der Waals surface area (Å²) in [6, 6.07) is 10.3. The fourth-order valence-electron chi connectivity index (χ4n) is 3.25. The molecule has 0 N–H and O–H groups in total. The Morgan fingerprint density at radius 2 is 1.69 bits per heavy atom. The summed E-state index contributed by atoms with van der Waals surface area (Å²) in [6.07, 6.45) is -4.91. The van der Waals surface area contributed by atoms with Gasteiger partial charge in [-0.3, -0.25) is 4.79 Å². The summed E-state index contributed by atoms with van der Waals surface area (Å²) in [6.45, 7) is 0. The van der Waals surface area contributed by atoms with Crippen molar-refractivity contribution < 1.29 is 26.4 Å². The lowest BCUT2D eigenvalue weighted by Gasteiger charge is -2.12. The van der Waals surface area contributed by atoms with E-state index >= 15 is 0 Å². The molecular weight excluding hydrogens is 435 g/mol. The van der Waals surface area contributed by atoms with Gasteiger partial charge in [-0.15, -0.1) is 0 Å². The van der Waals surface area contributed by atoms with E-state index in [-0.39, 0.29) is 22.1 Å². The highest BCUT2D eigenvalue weighted by Gasteiger charge is 2.34. The lowest BCUT2D eigenvalue weighted by Crippen LogP contribution is -2.31. The minimum atomic E-state index is -4.91. The SMILES string of the molecule is N#Cc1ccc(-n2c(=O)oc3ccc(-c4ccc(F)cc4F)cc3c2=O)cc1C(F)(F)F. The van der Waals surface area contributed by atoms with E-state index in [1.54, 1.807) is 0 Å². The van der Waals surface area contributed by atoms with Crippen molar-refractivity contribution in [2.24, 2.45) is 0 Å². The van der Waals surface area contributed by atoms with E-state index < -0.39 is 45.9 Å². The normalized spacial score (nSPS) is 11.5. The molecule has 1 heterocycles. The molecule has 1 aromatic heterocycles. The molecule has 0 aliphatic heterocycles. The summed E-state index contributed by atoms with van der Waals surface area (Å²) in [7, 11) is 0. The molecule has 160 valence electrons. The minimum Gasteiger partial charge on any atom is -0.409 e. The standard InChI is InChI=1S/C22H9F5N2O3/c23-13-3-5-15(18(24)8-13)11-2-6-19-16(7-11)20(30)29(21(31)32-19)14-4-1-12(10-28)17(9-14)22(25,26)27/h1-9H. The maximum absolute atomic E-state index is 14.1. The molecule has 0 amide bonds. The van der Waals surface area contributed by atoms with Crippen LogP contribution in [0.2, 0.25) is 0 Å². The van der Waals surface area contributed by atoms with E-state index in [0.29, 0.717) is 16.7 Å². The van der Waals surface area contributed by atoms with Gasteiger partial charge in [-0.1, -0.05) is 6.07 Å². The molecule has 0 bridgehead atoms. The molecule has 5 nitrogen and oxygen atoms in total. The second-order valence-corrected chi connectivity index (χ2v) is 6.68. The van der Waals surface area contributed by atoms with Crippen molar-refractivity contribution in [3.05, 3.63) is 98.3 Å². The molecule has 0 aliphatic carbocycles. The van der Waals surface area contributed by atoms with Gasteiger partial charge in [-0.25, -0.2) is 18.1 Å². The van der Waals surface area contributed by atoms with E-state index in [9.17, 15) is 31.5 Å². The third kappa shape index (κ3) is 3.54. The highest BCUT2D eigenvalue weighted by Crippen LogP contribution is 2.33. The Bertz CT molecular complexity index is 1540. The Morgan fingerprint density at radius 1 is 0.938 bits per heavy atom. The molecule has 3 aromatic carbocycles. The van der Waals surface area contributed by atoms with Gasteiger partial charge in [0.2, 0.25) is 0 Å². The zero-order valence-corrected chi connectivity index (χ0v) is 15.7. The second-order valence-electron chi connectivity index (χ2n) is 6.68. The van der Waals surface area contributed by atoms with Crippen molar-refractivity contribution >= 4 is 11.0 Å². The molecule has 0 saturated carbocycles. The Kier molecular flexibility index (Phi) is 4.89. The lowest BCUT2D eigenvalue weighted by atomic mass is 10.0. The van der Waals surface area contributed by atoms with Crippen LogP contribution in [0, 0.1) is 23.0 Å². The first-order valence-corrected chi connectivity index (χ1v) is 8.87. The predicted molar refractivity (Wildman–Crippen MR) is 103 cm³/mol. The van der Waals surface area contributed by atoms with Crippen molar-refractivity contribution in [2.45, 2.75) is 6.18 Å². The van der Waals surface area contributed by atoms with Gasteiger partial charge >= 0.3 is 11.9 Å². The summed E-state index contributed by atoms with van der Waals surface area (Å²) in [5, 5.41) is 8.70. The number of nitrogens with zero attached hydrogens (tertiary/aromatic N) is 2. The predicted octanol–water partition coefficient (Wildman–Crippen LogP) is 4.78. The van der Waals surface area contributed by atoms with Crippen LogP contribution in [0.4, 0.5) is 22.0 Å². The Balaban J connectivity index is 1.97. The van der Waals surface area contributed by atoms with Gasteiger partial charge in [0.1, 0.15) is 17.2 Å². The average Bonchev–Trinajstić information content (AvgIpc) is 2.73. The number of halogens is 5. The zero-order valence-electron chi connectivity index (χ0n) is 15.7. The Hall–Kier alpha value is -4.26. The third-order valence-corrected chi connectivity index (χ3v) is 4.72. The van der Waals surface area contributed by atoms with Crippen LogP contribution in [-0.2, 0) is 6.18 Å². The number of hydrogen-bond acceptors (Lipinski definition) is 4. The smallest absolute Gasteiger partial charge is 0.409 e. The van der Waals surface area contributed by atoms with Crippen LogP contribution < -0.4 is 11.3 Å². The topological polar surface area (TPSA) is 76.0 Å². The molecule has 0 atom stereocenters. The van der Waals surface area contributed by atoms with Gasteiger partial charge in [-0.05, 0) is 48.0 Å². The largest absolute Gasteiger partial charge is 0.426 e. The molecule has 0 radical (unpaired) electrons. The van der Waals surface area contributed by atoms with Crippen molar-refractivity contribution in [1.29, 1.82) is 5.26 Å². The van der Waals surface area contributed by atoms with Crippen LogP contribution in [0.15, 0.2) is 68.6 Å². The van der Waals surface area contributed by atoms with Gasteiger partial charge in [0, 0.05) is 11.6 Å². The van der Waals surface area contributed by atoms with Gasteiger partial charge in [0.25, 0.3) is 5.56 Å². The number of benzene rings is 3. The quantitative estimate of drug-likeness (QED) is 0.417. The van der Waals surface area contributed by atoms with E-state index in [0.717, 1.165) is 24.3 Å². The summed E-state index contributed by atoms with van der Waals surface area (Å²) < 4.78 is 72.6. The highest BCUT2D eigenvalue weighted by atomic mass is 19.4. The first kappa shape index (κ1) is 21.0. The molecule has 0 spiro atoms. The molecule has 0 aliphatic rings. The maximum Gasteiger partial charge on any atom is 0.426 e. The highest BCUT2D eigenvalue weighted by molar-refractivity contribution is 5.82. The molecule has 10 heteroatoms. The fourth-order valence-corrected chi connectivity index (χ4v) is 3.25. The van der Waals surface area contributed by atoms with Gasteiger partial charge in [0.05, 0.1) is 28.3 Å². The van der Waals surface area contributed by atoms with Crippen molar-refractivity contribution in [3.8, 4) is 22.9 Å². The Labute approximate surface area is 175 Å². The number of hydrogen-bond donors (Lipinski definition) is 0. The molecule has 0 saturated heterocycles. The second kappa shape index (κ2) is 7.46. The maximum atomic E-state index is 14.1. The molecular formula is C22H9F5N2O3. The summed E-state index contributed by atoms with van der Waals surface area (Å²) >= 11 is 0. The average molecular weight is 444 g/mol.